The molecule has 0 fully saturated rings. The molecule has 0 aromatic heterocycles. The third-order valence-electron chi connectivity index (χ3n) is 5.02. The Kier molecular flexibility index (Phi) is 6.61. The fraction of sp³-hybridized carbons (Fsp3) is 0.0357. The Morgan fingerprint density at radius 1 is 0.794 bits per heavy atom. The Balaban J connectivity index is 1.53. The molecule has 5 nitrogen and oxygen atoms in total. The zero-order valence-electron chi connectivity index (χ0n) is 18.4. The molecule has 0 saturated carbocycles. The van der Waals surface area contributed by atoms with Gasteiger partial charge >= 0.3 is 11.9 Å². The van der Waals surface area contributed by atoms with Crippen molar-refractivity contribution >= 4 is 50.4 Å². The summed E-state index contributed by atoms with van der Waals surface area (Å²) in [6, 6.07) is 21.6. The van der Waals surface area contributed by atoms with E-state index in [-0.39, 0.29) is 5.12 Å². The summed E-state index contributed by atoms with van der Waals surface area (Å²) >= 11 is 1.10. The number of hydrogen-bond acceptors (Lipinski definition) is 6. The zero-order valence-corrected chi connectivity index (χ0v) is 19.2. The zero-order chi connectivity index (χ0) is 24.2. The highest BCUT2D eigenvalue weighted by Gasteiger charge is 2.12. The number of thioether (sulfide) groups is 1. The second-order valence-electron chi connectivity index (χ2n) is 7.54. The van der Waals surface area contributed by atoms with E-state index in [1.807, 2.05) is 30.3 Å². The van der Waals surface area contributed by atoms with Crippen molar-refractivity contribution in [3.05, 3.63) is 103 Å². The molecule has 0 atom stereocenters. The maximum absolute atomic E-state index is 12.9. The van der Waals surface area contributed by atoms with Crippen molar-refractivity contribution in [3.8, 4) is 11.5 Å². The maximum atomic E-state index is 12.9. The Bertz CT molecular complexity index is 1470. The van der Waals surface area contributed by atoms with Crippen LogP contribution >= 0.6 is 11.8 Å². The minimum absolute atomic E-state index is 0.0969. The average Bonchev–Trinajstić information content (AvgIpc) is 2.84. The van der Waals surface area contributed by atoms with Gasteiger partial charge in [0, 0.05) is 22.1 Å². The predicted octanol–water partition coefficient (Wildman–Crippen LogP) is 6.50. The van der Waals surface area contributed by atoms with Crippen LogP contribution in [-0.2, 0) is 9.59 Å². The lowest BCUT2D eigenvalue weighted by molar-refractivity contribution is -0.130. The summed E-state index contributed by atoms with van der Waals surface area (Å²) < 4.78 is 10.4. The van der Waals surface area contributed by atoms with Gasteiger partial charge in [-0.25, -0.2) is 9.59 Å². The number of carbonyl (C=O) groups excluding carboxylic acids is 3. The van der Waals surface area contributed by atoms with Crippen LogP contribution in [0.25, 0.3) is 21.5 Å². The number of rotatable bonds is 6. The molecule has 0 aliphatic rings. The van der Waals surface area contributed by atoms with Crippen molar-refractivity contribution in [2.75, 3.05) is 0 Å². The molecule has 168 valence electrons. The minimum Gasteiger partial charge on any atom is -0.423 e. The van der Waals surface area contributed by atoms with E-state index in [9.17, 15) is 14.4 Å². The molecule has 34 heavy (non-hydrogen) atoms. The molecular formula is C28H20O5S. The van der Waals surface area contributed by atoms with E-state index in [1.54, 1.807) is 49.4 Å². The first-order valence-electron chi connectivity index (χ1n) is 10.3. The van der Waals surface area contributed by atoms with Gasteiger partial charge in [0.05, 0.1) is 0 Å². The van der Waals surface area contributed by atoms with E-state index in [4.69, 9.17) is 9.47 Å². The van der Waals surface area contributed by atoms with Gasteiger partial charge in [-0.2, -0.15) is 0 Å². The molecule has 4 aromatic carbocycles. The molecule has 0 heterocycles. The Labute approximate surface area is 200 Å². The molecule has 0 aliphatic heterocycles. The third kappa shape index (κ3) is 5.08. The van der Waals surface area contributed by atoms with Crippen molar-refractivity contribution in [1.29, 1.82) is 0 Å². The molecule has 6 heteroatoms. The van der Waals surface area contributed by atoms with Crippen molar-refractivity contribution in [3.63, 3.8) is 0 Å². The van der Waals surface area contributed by atoms with Crippen LogP contribution in [0.3, 0.4) is 0 Å². The first-order valence-corrected chi connectivity index (χ1v) is 11.2. The molecule has 0 N–H and O–H groups in total. The summed E-state index contributed by atoms with van der Waals surface area (Å²) in [5.74, 6) is -0.164. The van der Waals surface area contributed by atoms with Crippen LogP contribution in [-0.4, -0.2) is 17.1 Å². The van der Waals surface area contributed by atoms with Crippen LogP contribution in [0.2, 0.25) is 0 Å². The largest absolute Gasteiger partial charge is 0.423 e. The molecular weight excluding hydrogens is 448 g/mol. The molecule has 0 saturated heterocycles. The first-order chi connectivity index (χ1) is 16.3. The lowest BCUT2D eigenvalue weighted by Gasteiger charge is -2.08. The number of carbonyl (C=O) groups is 3. The number of benzene rings is 4. The highest BCUT2D eigenvalue weighted by atomic mass is 32.2. The fourth-order valence-corrected chi connectivity index (χ4v) is 4.06. The van der Waals surface area contributed by atoms with E-state index in [2.05, 4.69) is 13.2 Å². The molecule has 0 amide bonds. The monoisotopic (exact) mass is 468 g/mol. The second-order valence-corrected chi connectivity index (χ2v) is 8.59. The highest BCUT2D eigenvalue weighted by Crippen LogP contribution is 2.31. The van der Waals surface area contributed by atoms with Crippen LogP contribution in [0.4, 0.5) is 0 Å². The van der Waals surface area contributed by atoms with Crippen molar-refractivity contribution in [2.24, 2.45) is 0 Å². The van der Waals surface area contributed by atoms with Crippen LogP contribution in [0.1, 0.15) is 17.3 Å². The fourth-order valence-electron chi connectivity index (χ4n) is 3.33. The van der Waals surface area contributed by atoms with Gasteiger partial charge in [0.1, 0.15) is 11.5 Å². The van der Waals surface area contributed by atoms with E-state index in [1.165, 1.54) is 0 Å². The average molecular weight is 469 g/mol. The molecule has 0 aliphatic carbocycles. The summed E-state index contributed by atoms with van der Waals surface area (Å²) in [7, 11) is 0. The first kappa shape index (κ1) is 23.0. The van der Waals surface area contributed by atoms with Gasteiger partial charge in [0.15, 0.2) is 0 Å². The maximum Gasteiger partial charge on any atom is 0.338 e. The van der Waals surface area contributed by atoms with E-state index in [0.29, 0.717) is 22.6 Å². The Morgan fingerprint density at radius 2 is 1.41 bits per heavy atom. The summed E-state index contributed by atoms with van der Waals surface area (Å²) in [5, 5.41) is 3.73. The summed E-state index contributed by atoms with van der Waals surface area (Å²) in [6.07, 6.45) is 1.12. The van der Waals surface area contributed by atoms with Gasteiger partial charge in [0.2, 0.25) is 5.12 Å². The van der Waals surface area contributed by atoms with Crippen LogP contribution in [0.15, 0.2) is 102 Å². The smallest absolute Gasteiger partial charge is 0.338 e. The van der Waals surface area contributed by atoms with Crippen LogP contribution in [0, 0.1) is 0 Å². The Morgan fingerprint density at radius 3 is 2.06 bits per heavy atom. The van der Waals surface area contributed by atoms with Gasteiger partial charge in [-0.05, 0) is 88.8 Å². The molecule has 0 spiro atoms. The minimum atomic E-state index is -0.511. The number of fused-ring (bicyclic) bond motifs is 3. The van der Waals surface area contributed by atoms with Gasteiger partial charge in [-0.3, -0.25) is 4.79 Å². The lowest BCUT2D eigenvalue weighted by atomic mass is 10.0. The molecule has 0 unspecified atom stereocenters. The molecule has 4 rings (SSSR count). The molecule has 4 aromatic rings. The quantitative estimate of drug-likeness (QED) is 0.106. The van der Waals surface area contributed by atoms with Crippen molar-refractivity contribution in [1.82, 2.24) is 0 Å². The summed E-state index contributed by atoms with van der Waals surface area (Å²) in [6.45, 7) is 8.54. The second kappa shape index (κ2) is 9.77. The summed E-state index contributed by atoms with van der Waals surface area (Å²) in [4.78, 5) is 36.7. The van der Waals surface area contributed by atoms with Gasteiger partial charge in [-0.15, -0.1) is 0 Å². The molecule has 0 bridgehead atoms. The SMILES string of the molecule is C=CC(=O)Oc1ccc2c(ccc3cc(C(=O)Sc4ccc(OC(=O)C(=C)C)cc4)ccc32)c1. The normalized spacial score (nSPS) is 10.6. The van der Waals surface area contributed by atoms with Crippen molar-refractivity contribution in [2.45, 2.75) is 11.8 Å². The Hall–Kier alpha value is -4.16. The highest BCUT2D eigenvalue weighted by molar-refractivity contribution is 8.14. The summed E-state index contributed by atoms with van der Waals surface area (Å²) in [5.41, 5.74) is 0.889. The van der Waals surface area contributed by atoms with Crippen LogP contribution < -0.4 is 9.47 Å². The van der Waals surface area contributed by atoms with Crippen LogP contribution in [0.5, 0.6) is 11.5 Å². The number of ether oxygens (including phenoxy) is 2. The number of esters is 2. The van der Waals surface area contributed by atoms with E-state index < -0.39 is 11.9 Å². The van der Waals surface area contributed by atoms with E-state index in [0.717, 1.165) is 44.3 Å². The standard InChI is InChI=1S/C28H20O5S/c1-4-26(29)32-22-10-14-25-19(16-22)6-5-18-15-20(7-13-24(18)25)28(31)34-23-11-8-21(9-12-23)33-27(30)17(2)3/h4-16H,1-2H2,3H3. The van der Waals surface area contributed by atoms with E-state index >= 15 is 0 Å². The van der Waals surface area contributed by atoms with Gasteiger partial charge in [-0.1, -0.05) is 37.4 Å². The van der Waals surface area contributed by atoms with Gasteiger partial charge < -0.3 is 9.47 Å². The van der Waals surface area contributed by atoms with Gasteiger partial charge in [0.25, 0.3) is 0 Å². The lowest BCUT2D eigenvalue weighted by Crippen LogP contribution is -2.07. The molecule has 0 radical (unpaired) electrons. The number of hydrogen-bond donors (Lipinski definition) is 0. The third-order valence-corrected chi connectivity index (χ3v) is 5.95. The predicted molar refractivity (Wildman–Crippen MR) is 134 cm³/mol. The van der Waals surface area contributed by atoms with Crippen molar-refractivity contribution < 1.29 is 23.9 Å². The topological polar surface area (TPSA) is 69.7 Å².